The van der Waals surface area contributed by atoms with Gasteiger partial charge in [-0.15, -0.1) is 11.3 Å². The van der Waals surface area contributed by atoms with Gasteiger partial charge in [0.1, 0.15) is 4.83 Å². The van der Waals surface area contributed by atoms with Crippen LogP contribution in [0.5, 0.6) is 0 Å². The van der Waals surface area contributed by atoms with Crippen LogP contribution < -0.4 is 5.73 Å². The molecule has 2 N–H and O–H groups in total. The fourth-order valence-electron chi connectivity index (χ4n) is 0.955. The molecule has 0 unspecified atom stereocenters. The van der Waals surface area contributed by atoms with Crippen LogP contribution in [0.2, 0.25) is 0 Å². The molecule has 0 saturated heterocycles. The van der Waals surface area contributed by atoms with Gasteiger partial charge in [0.05, 0.1) is 12.3 Å². The largest absolute Gasteiger partial charge is 0.468 e. The van der Waals surface area contributed by atoms with E-state index in [1.807, 2.05) is 17.5 Å². The van der Waals surface area contributed by atoms with Gasteiger partial charge in [0.2, 0.25) is 0 Å². The number of pyridine rings is 1. The summed E-state index contributed by atoms with van der Waals surface area (Å²) < 4.78 is 4.15. The van der Waals surface area contributed by atoms with Crippen LogP contribution in [0.25, 0.3) is 10.2 Å². The van der Waals surface area contributed by atoms with Crippen LogP contribution in [-0.2, 0) is 9.53 Å². The second kappa shape index (κ2) is 5.98. The number of carbonyl (C=O) groups excluding carboxylic acids is 1. The number of rotatable bonds is 2. The van der Waals surface area contributed by atoms with E-state index in [1.54, 1.807) is 24.5 Å². The van der Waals surface area contributed by atoms with Crippen molar-refractivity contribution in [2.24, 2.45) is 0 Å². The Bertz CT molecular complexity index is 428. The highest BCUT2D eigenvalue weighted by atomic mass is 32.1. The highest BCUT2D eigenvalue weighted by Gasteiger charge is 1.97. The molecule has 2 aromatic rings. The molecule has 5 heteroatoms. The van der Waals surface area contributed by atoms with Gasteiger partial charge in [-0.25, -0.2) is 4.98 Å². The van der Waals surface area contributed by atoms with Crippen molar-refractivity contribution in [2.75, 3.05) is 12.3 Å². The molecule has 2 heterocycles. The van der Waals surface area contributed by atoms with E-state index >= 15 is 0 Å². The highest BCUT2D eigenvalue weighted by molar-refractivity contribution is 7.17. The molecule has 4 nitrogen and oxygen atoms in total. The van der Waals surface area contributed by atoms with Crippen molar-refractivity contribution in [2.45, 2.75) is 6.92 Å². The number of hydrogen-bond donors (Lipinski definition) is 1. The molecule has 0 bridgehead atoms. The Morgan fingerprint density at radius 3 is 3.00 bits per heavy atom. The van der Waals surface area contributed by atoms with E-state index in [0.29, 0.717) is 13.1 Å². The van der Waals surface area contributed by atoms with E-state index in [2.05, 4.69) is 9.72 Å². The van der Waals surface area contributed by atoms with E-state index in [4.69, 9.17) is 5.73 Å². The Morgan fingerprint density at radius 1 is 1.67 bits per heavy atom. The molecule has 0 aliphatic carbocycles. The lowest BCUT2D eigenvalue weighted by atomic mass is 10.3. The number of fused-ring (bicyclic) bond motifs is 1. The van der Waals surface area contributed by atoms with Crippen LogP contribution in [0.1, 0.15) is 6.92 Å². The van der Waals surface area contributed by atoms with Gasteiger partial charge in [0, 0.05) is 17.0 Å². The molecule has 0 aliphatic rings. The van der Waals surface area contributed by atoms with Gasteiger partial charge in [0.15, 0.2) is 0 Å². The average Bonchev–Trinajstić information content (AvgIpc) is 2.64. The average molecular weight is 224 g/mol. The molecule has 2 rings (SSSR count). The molecular formula is C10H12N2O2S. The second-order valence-corrected chi connectivity index (χ2v) is 3.46. The topological polar surface area (TPSA) is 65.2 Å². The van der Waals surface area contributed by atoms with Crippen LogP contribution in [-0.4, -0.2) is 18.1 Å². The zero-order valence-electron chi connectivity index (χ0n) is 8.34. The van der Waals surface area contributed by atoms with Crippen molar-refractivity contribution in [3.8, 4) is 0 Å². The van der Waals surface area contributed by atoms with E-state index in [1.165, 1.54) is 0 Å². The molecule has 0 fully saturated rings. The number of nitrogen functional groups attached to an aromatic ring is 1. The zero-order chi connectivity index (χ0) is 11.1. The third kappa shape index (κ3) is 3.21. The molecule has 80 valence electrons. The quantitative estimate of drug-likeness (QED) is 0.793. The van der Waals surface area contributed by atoms with Crippen molar-refractivity contribution < 1.29 is 9.53 Å². The van der Waals surface area contributed by atoms with Crippen molar-refractivity contribution >= 4 is 33.7 Å². The standard InChI is InChI=1S/C7H6N2S.C3H6O2/c8-6-4-10-7-5(6)2-1-3-9-7;1-2-5-3-4/h1-4H,8H2;3H,2H2,1H3. The van der Waals surface area contributed by atoms with Crippen LogP contribution in [0.4, 0.5) is 5.69 Å². The lowest BCUT2D eigenvalue weighted by Crippen LogP contribution is -1.80. The Kier molecular flexibility index (Phi) is 4.56. The first-order valence-electron chi connectivity index (χ1n) is 4.42. The zero-order valence-corrected chi connectivity index (χ0v) is 9.16. The Hall–Kier alpha value is -1.62. The normalized spacial score (nSPS) is 9.13. The molecule has 0 radical (unpaired) electrons. The van der Waals surface area contributed by atoms with Crippen LogP contribution in [0.15, 0.2) is 23.7 Å². The summed E-state index contributed by atoms with van der Waals surface area (Å²) in [5, 5.41) is 2.98. The number of nitrogens with zero attached hydrogens (tertiary/aromatic N) is 1. The first kappa shape index (κ1) is 11.5. The van der Waals surface area contributed by atoms with Crippen molar-refractivity contribution in [3.63, 3.8) is 0 Å². The Morgan fingerprint density at radius 2 is 2.47 bits per heavy atom. The SMILES string of the molecule is CCOC=O.Nc1csc2ncccc12. The summed E-state index contributed by atoms with van der Waals surface area (Å²) in [6.07, 6.45) is 1.78. The third-order valence-corrected chi connectivity index (χ3v) is 2.53. The Balaban J connectivity index is 0.000000195. The van der Waals surface area contributed by atoms with Gasteiger partial charge >= 0.3 is 0 Å². The summed E-state index contributed by atoms with van der Waals surface area (Å²) in [7, 11) is 0. The number of ether oxygens (including phenoxy) is 1. The molecule has 0 spiro atoms. The van der Waals surface area contributed by atoms with Crippen molar-refractivity contribution in [1.29, 1.82) is 0 Å². The first-order chi connectivity index (χ1) is 7.29. The number of anilines is 1. The van der Waals surface area contributed by atoms with Crippen LogP contribution in [0.3, 0.4) is 0 Å². The summed E-state index contributed by atoms with van der Waals surface area (Å²) in [6, 6.07) is 3.87. The molecule has 15 heavy (non-hydrogen) atoms. The number of nitrogens with two attached hydrogens (primary N) is 1. The lowest BCUT2D eigenvalue weighted by molar-refractivity contribution is -0.128. The van der Waals surface area contributed by atoms with E-state index in [9.17, 15) is 4.79 Å². The maximum atomic E-state index is 9.18. The minimum Gasteiger partial charge on any atom is -0.468 e. The van der Waals surface area contributed by atoms with E-state index in [-0.39, 0.29) is 0 Å². The van der Waals surface area contributed by atoms with Gasteiger partial charge in [-0.2, -0.15) is 0 Å². The summed E-state index contributed by atoms with van der Waals surface area (Å²) in [6.45, 7) is 2.66. The molecular weight excluding hydrogens is 212 g/mol. The Labute approximate surface area is 91.7 Å². The van der Waals surface area contributed by atoms with Crippen molar-refractivity contribution in [1.82, 2.24) is 4.98 Å². The maximum absolute atomic E-state index is 9.18. The van der Waals surface area contributed by atoms with Gasteiger partial charge < -0.3 is 10.5 Å². The summed E-state index contributed by atoms with van der Waals surface area (Å²) in [4.78, 5) is 14.3. The monoisotopic (exact) mass is 224 g/mol. The van der Waals surface area contributed by atoms with Gasteiger partial charge in [-0.1, -0.05) is 0 Å². The number of aromatic nitrogens is 1. The fourth-order valence-corrected chi connectivity index (χ4v) is 1.76. The molecule has 0 atom stereocenters. The third-order valence-electron chi connectivity index (χ3n) is 1.61. The van der Waals surface area contributed by atoms with Gasteiger partial charge in [-0.3, -0.25) is 4.79 Å². The van der Waals surface area contributed by atoms with Gasteiger partial charge in [-0.05, 0) is 19.1 Å². The van der Waals surface area contributed by atoms with Crippen molar-refractivity contribution in [3.05, 3.63) is 23.7 Å². The predicted octanol–water partition coefficient (Wildman–Crippen LogP) is 2.06. The lowest BCUT2D eigenvalue weighted by Gasteiger charge is -1.86. The molecule has 2 aromatic heterocycles. The second-order valence-electron chi connectivity index (χ2n) is 2.60. The molecule has 0 saturated carbocycles. The number of carbonyl (C=O) groups is 1. The maximum Gasteiger partial charge on any atom is 0.293 e. The summed E-state index contributed by atoms with van der Waals surface area (Å²) in [5.74, 6) is 0. The predicted molar refractivity (Wildman–Crippen MR) is 61.7 cm³/mol. The molecule has 0 aliphatic heterocycles. The first-order valence-corrected chi connectivity index (χ1v) is 5.30. The van der Waals surface area contributed by atoms with Crippen LogP contribution in [0, 0.1) is 0 Å². The molecule has 0 aromatic carbocycles. The smallest absolute Gasteiger partial charge is 0.293 e. The highest BCUT2D eigenvalue weighted by Crippen LogP contribution is 2.24. The van der Waals surface area contributed by atoms with E-state index in [0.717, 1.165) is 15.9 Å². The summed E-state index contributed by atoms with van der Waals surface area (Å²) >= 11 is 1.58. The summed E-state index contributed by atoms with van der Waals surface area (Å²) in [5.41, 5.74) is 6.47. The minimum absolute atomic E-state index is 0.431. The van der Waals surface area contributed by atoms with E-state index < -0.39 is 0 Å². The molecule has 0 amide bonds. The fraction of sp³-hybridized carbons (Fsp3) is 0.200. The van der Waals surface area contributed by atoms with Crippen LogP contribution >= 0.6 is 11.3 Å². The minimum atomic E-state index is 0.431. The number of thiophene rings is 1. The van der Waals surface area contributed by atoms with Gasteiger partial charge in [0.25, 0.3) is 6.47 Å². The number of hydrogen-bond acceptors (Lipinski definition) is 5.